The fourth-order valence-electron chi connectivity index (χ4n) is 2.74. The van der Waals surface area contributed by atoms with Crippen molar-refractivity contribution in [1.29, 1.82) is 0 Å². The fraction of sp³-hybridized carbons (Fsp3) is 0.588. The van der Waals surface area contributed by atoms with Crippen LogP contribution >= 0.6 is 0 Å². The number of nitrogens with zero attached hydrogens (tertiary/aromatic N) is 1. The SMILES string of the molecule is CC(C)(C)OC(=O)N1CCC(NS(=O)(=O)c2cc(F)ccc2C(F)(F)F)CC1. The van der Waals surface area contributed by atoms with Gasteiger partial charge in [-0.15, -0.1) is 0 Å². The summed E-state index contributed by atoms with van der Waals surface area (Å²) in [4.78, 5) is 12.3. The Balaban J connectivity index is 2.09. The minimum absolute atomic E-state index is 0.178. The third kappa shape index (κ3) is 5.81. The van der Waals surface area contributed by atoms with Crippen LogP contribution in [-0.4, -0.2) is 44.1 Å². The molecular weight excluding hydrogens is 404 g/mol. The molecule has 6 nitrogen and oxygen atoms in total. The Bertz CT molecular complexity index is 827. The molecule has 0 spiro atoms. The number of carbonyl (C=O) groups excluding carboxylic acids is 1. The van der Waals surface area contributed by atoms with Crippen LogP contribution < -0.4 is 4.72 Å². The number of likely N-dealkylation sites (tertiary alicyclic amines) is 1. The molecule has 1 N–H and O–H groups in total. The normalized spacial score (nSPS) is 16.9. The van der Waals surface area contributed by atoms with Crippen LogP contribution in [0, 0.1) is 5.82 Å². The van der Waals surface area contributed by atoms with Crippen molar-refractivity contribution in [1.82, 2.24) is 9.62 Å². The molecule has 0 unspecified atom stereocenters. The number of amides is 1. The molecule has 1 saturated heterocycles. The second kappa shape index (κ2) is 7.86. The summed E-state index contributed by atoms with van der Waals surface area (Å²) in [5.41, 5.74) is -2.12. The summed E-state index contributed by atoms with van der Waals surface area (Å²) in [7, 11) is -4.61. The van der Waals surface area contributed by atoms with E-state index in [-0.39, 0.29) is 25.9 Å². The number of rotatable bonds is 3. The molecule has 1 aromatic rings. The highest BCUT2D eigenvalue weighted by atomic mass is 32.2. The van der Waals surface area contributed by atoms with Gasteiger partial charge in [0.15, 0.2) is 0 Å². The van der Waals surface area contributed by atoms with Crippen LogP contribution in [0.3, 0.4) is 0 Å². The summed E-state index contributed by atoms with van der Waals surface area (Å²) in [6.07, 6.45) is -5.11. The van der Waals surface area contributed by atoms with E-state index in [9.17, 15) is 30.8 Å². The zero-order valence-corrected chi connectivity index (χ0v) is 16.5. The average Bonchev–Trinajstić information content (AvgIpc) is 2.52. The van der Waals surface area contributed by atoms with Gasteiger partial charge in [0.1, 0.15) is 11.4 Å². The predicted octanol–water partition coefficient (Wildman–Crippen LogP) is 3.52. The highest BCUT2D eigenvalue weighted by Crippen LogP contribution is 2.34. The average molecular weight is 426 g/mol. The Labute approximate surface area is 160 Å². The highest BCUT2D eigenvalue weighted by Gasteiger charge is 2.38. The molecule has 0 saturated carbocycles. The highest BCUT2D eigenvalue weighted by molar-refractivity contribution is 7.89. The molecule has 11 heteroatoms. The second-order valence-electron chi connectivity index (χ2n) is 7.50. The third-order valence-corrected chi connectivity index (χ3v) is 5.57. The van der Waals surface area contributed by atoms with E-state index in [0.29, 0.717) is 18.2 Å². The Morgan fingerprint density at radius 1 is 1.18 bits per heavy atom. The third-order valence-electron chi connectivity index (χ3n) is 4.01. The number of hydrogen-bond donors (Lipinski definition) is 1. The first-order chi connectivity index (χ1) is 12.7. The number of sulfonamides is 1. The summed E-state index contributed by atoms with van der Waals surface area (Å²) in [5, 5.41) is 0. The van der Waals surface area contributed by atoms with Gasteiger partial charge < -0.3 is 9.64 Å². The summed E-state index contributed by atoms with van der Waals surface area (Å²) in [5.74, 6) is -1.09. The summed E-state index contributed by atoms with van der Waals surface area (Å²) in [6, 6.07) is 0.616. The number of alkyl halides is 3. The molecule has 0 radical (unpaired) electrons. The van der Waals surface area contributed by atoms with Crippen molar-refractivity contribution in [3.63, 3.8) is 0 Å². The molecule has 2 rings (SSSR count). The topological polar surface area (TPSA) is 75.7 Å². The Morgan fingerprint density at radius 3 is 2.25 bits per heavy atom. The number of benzene rings is 1. The van der Waals surface area contributed by atoms with Crippen molar-refractivity contribution in [3.8, 4) is 0 Å². The summed E-state index contributed by atoms with van der Waals surface area (Å²) >= 11 is 0. The standard InChI is InChI=1S/C17H22F4N2O4S/c1-16(2,3)27-15(24)23-8-6-12(7-9-23)22-28(25,26)14-10-11(18)4-5-13(14)17(19,20)21/h4-5,10,12,22H,6-9H2,1-3H3. The van der Waals surface area contributed by atoms with Gasteiger partial charge in [0, 0.05) is 19.1 Å². The molecule has 1 aromatic carbocycles. The number of ether oxygens (including phenoxy) is 1. The van der Waals surface area contributed by atoms with Gasteiger partial charge in [-0.25, -0.2) is 22.3 Å². The van der Waals surface area contributed by atoms with Crippen molar-refractivity contribution in [2.45, 2.75) is 56.3 Å². The van der Waals surface area contributed by atoms with Crippen molar-refractivity contribution in [2.24, 2.45) is 0 Å². The van der Waals surface area contributed by atoms with Crippen LogP contribution in [0.15, 0.2) is 23.1 Å². The lowest BCUT2D eigenvalue weighted by Gasteiger charge is -2.33. The monoisotopic (exact) mass is 426 g/mol. The van der Waals surface area contributed by atoms with Gasteiger partial charge >= 0.3 is 12.3 Å². The van der Waals surface area contributed by atoms with Crippen molar-refractivity contribution >= 4 is 16.1 Å². The van der Waals surface area contributed by atoms with E-state index in [0.717, 1.165) is 0 Å². The zero-order chi connectivity index (χ0) is 21.3. The first kappa shape index (κ1) is 22.4. The zero-order valence-electron chi connectivity index (χ0n) is 15.6. The smallest absolute Gasteiger partial charge is 0.417 e. The minimum atomic E-state index is -4.95. The van der Waals surface area contributed by atoms with Crippen LogP contribution in [0.25, 0.3) is 0 Å². The van der Waals surface area contributed by atoms with Crippen molar-refractivity contribution in [2.75, 3.05) is 13.1 Å². The molecule has 1 fully saturated rings. The lowest BCUT2D eigenvalue weighted by atomic mass is 10.1. The van der Waals surface area contributed by atoms with E-state index in [4.69, 9.17) is 4.74 Å². The molecule has 1 aliphatic heterocycles. The molecule has 0 aliphatic carbocycles. The van der Waals surface area contributed by atoms with Crippen molar-refractivity contribution < 1.29 is 35.5 Å². The molecular formula is C17H22F4N2O4S. The van der Waals surface area contributed by atoms with E-state index in [1.54, 1.807) is 20.8 Å². The van der Waals surface area contributed by atoms with Gasteiger partial charge in [-0.3, -0.25) is 0 Å². The Hall–Kier alpha value is -1.88. The summed E-state index contributed by atoms with van der Waals surface area (Å²) in [6.45, 7) is 5.49. The van der Waals surface area contributed by atoms with E-state index in [1.165, 1.54) is 4.90 Å². The number of halogens is 4. The Kier molecular flexibility index (Phi) is 6.29. The van der Waals surface area contributed by atoms with Crippen LogP contribution in [0.1, 0.15) is 39.2 Å². The van der Waals surface area contributed by atoms with E-state index >= 15 is 0 Å². The van der Waals surface area contributed by atoms with E-state index in [2.05, 4.69) is 4.72 Å². The lowest BCUT2D eigenvalue weighted by molar-refractivity contribution is -0.139. The van der Waals surface area contributed by atoms with E-state index in [1.807, 2.05) is 0 Å². The number of hydrogen-bond acceptors (Lipinski definition) is 4. The maximum atomic E-state index is 13.4. The molecule has 0 atom stereocenters. The number of nitrogens with one attached hydrogen (secondary N) is 1. The van der Waals surface area contributed by atoms with Gasteiger partial charge in [-0.05, 0) is 51.8 Å². The molecule has 28 heavy (non-hydrogen) atoms. The predicted molar refractivity (Wildman–Crippen MR) is 92.6 cm³/mol. The van der Waals surface area contributed by atoms with Gasteiger partial charge in [-0.1, -0.05) is 0 Å². The van der Waals surface area contributed by atoms with Crippen LogP contribution in [0.4, 0.5) is 22.4 Å². The van der Waals surface area contributed by atoms with Crippen LogP contribution in [-0.2, 0) is 20.9 Å². The van der Waals surface area contributed by atoms with Crippen LogP contribution in [0.2, 0.25) is 0 Å². The second-order valence-corrected chi connectivity index (χ2v) is 9.18. The van der Waals surface area contributed by atoms with Crippen molar-refractivity contribution in [3.05, 3.63) is 29.6 Å². The largest absolute Gasteiger partial charge is 0.444 e. The van der Waals surface area contributed by atoms with Gasteiger partial charge in [0.05, 0.1) is 10.5 Å². The van der Waals surface area contributed by atoms with E-state index < -0.39 is 50.2 Å². The molecule has 0 aromatic heterocycles. The molecule has 1 aliphatic rings. The van der Waals surface area contributed by atoms with Crippen LogP contribution in [0.5, 0.6) is 0 Å². The number of piperidine rings is 1. The first-order valence-corrected chi connectivity index (χ1v) is 10.0. The quantitative estimate of drug-likeness (QED) is 0.751. The first-order valence-electron chi connectivity index (χ1n) is 8.56. The molecule has 0 bridgehead atoms. The minimum Gasteiger partial charge on any atom is -0.444 e. The maximum absolute atomic E-state index is 13.4. The van der Waals surface area contributed by atoms with Gasteiger partial charge in [0.2, 0.25) is 10.0 Å². The molecule has 1 heterocycles. The van der Waals surface area contributed by atoms with Gasteiger partial charge in [0.25, 0.3) is 0 Å². The maximum Gasteiger partial charge on any atom is 0.417 e. The van der Waals surface area contributed by atoms with Gasteiger partial charge in [-0.2, -0.15) is 13.2 Å². The Morgan fingerprint density at radius 2 is 1.75 bits per heavy atom. The lowest BCUT2D eigenvalue weighted by Crippen LogP contribution is -2.47. The molecule has 1 amide bonds. The fourth-order valence-corrected chi connectivity index (χ4v) is 4.28. The summed E-state index contributed by atoms with van der Waals surface area (Å²) < 4.78 is 85.0. The number of carbonyl (C=O) groups is 1. The molecule has 158 valence electrons.